The largest absolute Gasteiger partial charge is 0.492 e. The van der Waals surface area contributed by atoms with Crippen LogP contribution in [-0.2, 0) is 4.74 Å². The van der Waals surface area contributed by atoms with E-state index in [4.69, 9.17) is 9.47 Å². The Morgan fingerprint density at radius 3 is 2.76 bits per heavy atom. The molecule has 8 heteroatoms. The lowest BCUT2D eigenvalue weighted by Gasteiger charge is -2.26. The van der Waals surface area contributed by atoms with Crippen LogP contribution in [0.1, 0.15) is 0 Å². The number of aromatic nitrogens is 5. The van der Waals surface area contributed by atoms with Gasteiger partial charge in [0.25, 0.3) is 0 Å². The normalized spacial score (nSPS) is 15.0. The molecular weight excluding hydrogens is 368 g/mol. The van der Waals surface area contributed by atoms with Crippen LogP contribution in [0.25, 0.3) is 33.5 Å². The highest BCUT2D eigenvalue weighted by Crippen LogP contribution is 2.32. The van der Waals surface area contributed by atoms with Crippen LogP contribution in [0.2, 0.25) is 0 Å². The molecule has 5 rings (SSSR count). The maximum absolute atomic E-state index is 6.12. The first kappa shape index (κ1) is 17.8. The number of aromatic amines is 2. The third kappa shape index (κ3) is 3.85. The molecule has 0 saturated carbocycles. The highest BCUT2D eigenvalue weighted by Gasteiger charge is 2.14. The summed E-state index contributed by atoms with van der Waals surface area (Å²) in [7, 11) is 0. The molecule has 0 aliphatic carbocycles. The fourth-order valence-corrected chi connectivity index (χ4v) is 3.60. The van der Waals surface area contributed by atoms with E-state index in [-0.39, 0.29) is 0 Å². The number of H-pyrrole nitrogens is 2. The van der Waals surface area contributed by atoms with Gasteiger partial charge < -0.3 is 9.47 Å². The lowest BCUT2D eigenvalue weighted by atomic mass is 10.0. The molecule has 0 radical (unpaired) electrons. The number of nitrogens with zero attached hydrogens (tertiary/aromatic N) is 4. The van der Waals surface area contributed by atoms with Crippen LogP contribution in [0, 0.1) is 0 Å². The summed E-state index contributed by atoms with van der Waals surface area (Å²) in [5.74, 6) is 1.49. The van der Waals surface area contributed by atoms with Crippen molar-refractivity contribution < 1.29 is 9.47 Å². The summed E-state index contributed by atoms with van der Waals surface area (Å²) in [6.07, 6.45) is 1.50. The highest BCUT2D eigenvalue weighted by molar-refractivity contribution is 5.93. The summed E-state index contributed by atoms with van der Waals surface area (Å²) in [5.41, 5.74) is 3.77. The number of hydrogen-bond donors (Lipinski definition) is 2. The Bertz CT molecular complexity index is 1090. The molecule has 1 saturated heterocycles. The molecule has 2 N–H and O–H groups in total. The van der Waals surface area contributed by atoms with E-state index >= 15 is 0 Å². The first-order chi connectivity index (χ1) is 14.4. The zero-order valence-electron chi connectivity index (χ0n) is 16.0. The monoisotopic (exact) mass is 390 g/mol. The average molecular weight is 390 g/mol. The Labute approximate surface area is 167 Å². The topological polar surface area (TPSA) is 91.9 Å². The van der Waals surface area contributed by atoms with E-state index in [2.05, 4.69) is 42.4 Å². The maximum atomic E-state index is 6.12. The van der Waals surface area contributed by atoms with E-state index in [1.807, 2.05) is 30.3 Å². The second kappa shape index (κ2) is 8.02. The minimum absolute atomic E-state index is 0.612. The van der Waals surface area contributed by atoms with Crippen LogP contribution >= 0.6 is 0 Å². The summed E-state index contributed by atoms with van der Waals surface area (Å²) in [5, 5.41) is 15.6. The summed E-state index contributed by atoms with van der Waals surface area (Å²) in [6.45, 7) is 4.96. The van der Waals surface area contributed by atoms with Crippen molar-refractivity contribution >= 4 is 10.9 Å². The molecule has 0 amide bonds. The number of ether oxygens (including phenoxy) is 2. The average Bonchev–Trinajstić information content (AvgIpc) is 3.45. The minimum atomic E-state index is 0.612. The van der Waals surface area contributed by atoms with Gasteiger partial charge in [-0.3, -0.25) is 15.1 Å². The van der Waals surface area contributed by atoms with Gasteiger partial charge in [0.05, 0.1) is 18.7 Å². The van der Waals surface area contributed by atoms with Crippen LogP contribution in [0.5, 0.6) is 5.75 Å². The molecule has 0 atom stereocenters. The lowest BCUT2D eigenvalue weighted by molar-refractivity contribution is 0.0322. The molecule has 2 aromatic heterocycles. The van der Waals surface area contributed by atoms with Crippen molar-refractivity contribution in [1.82, 2.24) is 30.3 Å². The Morgan fingerprint density at radius 2 is 1.90 bits per heavy atom. The molecule has 0 unspecified atom stereocenters. The van der Waals surface area contributed by atoms with Gasteiger partial charge in [-0.15, -0.1) is 0 Å². The zero-order valence-corrected chi connectivity index (χ0v) is 16.0. The Kier molecular flexibility index (Phi) is 4.93. The molecule has 3 heterocycles. The lowest BCUT2D eigenvalue weighted by Crippen LogP contribution is -2.38. The number of benzene rings is 2. The summed E-state index contributed by atoms with van der Waals surface area (Å²) < 4.78 is 11.5. The number of hydrogen-bond acceptors (Lipinski definition) is 6. The molecule has 1 aliphatic rings. The van der Waals surface area contributed by atoms with Gasteiger partial charge in [0.15, 0.2) is 5.82 Å². The fraction of sp³-hybridized carbons (Fsp3) is 0.286. The van der Waals surface area contributed by atoms with Crippen LogP contribution in [-0.4, -0.2) is 69.7 Å². The molecular formula is C21H22N6O2. The van der Waals surface area contributed by atoms with E-state index in [1.54, 1.807) is 0 Å². The van der Waals surface area contributed by atoms with Crippen molar-refractivity contribution in [2.75, 3.05) is 39.5 Å². The molecule has 148 valence electrons. The van der Waals surface area contributed by atoms with Gasteiger partial charge in [0.2, 0.25) is 0 Å². The SMILES string of the molecule is c1ccc2c(-c3cc(OCCN4CCOCC4)cc(-c4ncn[nH]4)c3)n[nH]c2c1. The van der Waals surface area contributed by atoms with E-state index < -0.39 is 0 Å². The van der Waals surface area contributed by atoms with Gasteiger partial charge in [-0.1, -0.05) is 18.2 Å². The molecule has 29 heavy (non-hydrogen) atoms. The number of morpholine rings is 1. The first-order valence-corrected chi connectivity index (χ1v) is 9.74. The summed E-state index contributed by atoms with van der Waals surface area (Å²) >= 11 is 0. The fourth-order valence-electron chi connectivity index (χ4n) is 3.60. The zero-order chi connectivity index (χ0) is 19.5. The third-order valence-electron chi connectivity index (χ3n) is 5.12. The Balaban J connectivity index is 1.44. The molecule has 2 aromatic carbocycles. The second-order valence-corrected chi connectivity index (χ2v) is 7.00. The van der Waals surface area contributed by atoms with Crippen molar-refractivity contribution in [3.8, 4) is 28.4 Å². The number of fused-ring (bicyclic) bond motifs is 1. The number of nitrogens with one attached hydrogen (secondary N) is 2. The van der Waals surface area contributed by atoms with Crippen molar-refractivity contribution in [3.05, 3.63) is 48.8 Å². The highest BCUT2D eigenvalue weighted by atomic mass is 16.5. The van der Waals surface area contributed by atoms with Gasteiger partial charge in [-0.05, 0) is 24.3 Å². The number of para-hydroxylation sites is 1. The maximum Gasteiger partial charge on any atom is 0.155 e. The summed E-state index contributed by atoms with van der Waals surface area (Å²) in [4.78, 5) is 6.65. The van der Waals surface area contributed by atoms with Gasteiger partial charge in [-0.2, -0.15) is 10.2 Å². The summed E-state index contributed by atoms with van der Waals surface area (Å²) in [6, 6.07) is 14.2. The van der Waals surface area contributed by atoms with Crippen molar-refractivity contribution in [1.29, 1.82) is 0 Å². The Hall–Kier alpha value is -3.23. The predicted octanol–water partition coefficient (Wildman–Crippen LogP) is 2.73. The molecule has 8 nitrogen and oxygen atoms in total. The molecule has 4 aromatic rings. The van der Waals surface area contributed by atoms with E-state index in [1.165, 1.54) is 6.33 Å². The smallest absolute Gasteiger partial charge is 0.155 e. The second-order valence-electron chi connectivity index (χ2n) is 7.00. The van der Waals surface area contributed by atoms with Crippen LogP contribution < -0.4 is 4.74 Å². The molecule has 0 bridgehead atoms. The predicted molar refractivity (Wildman–Crippen MR) is 110 cm³/mol. The first-order valence-electron chi connectivity index (χ1n) is 9.74. The van der Waals surface area contributed by atoms with Crippen LogP contribution in [0.3, 0.4) is 0 Å². The van der Waals surface area contributed by atoms with Gasteiger partial charge in [-0.25, -0.2) is 4.98 Å². The molecule has 1 fully saturated rings. The van der Waals surface area contributed by atoms with Crippen molar-refractivity contribution in [2.45, 2.75) is 0 Å². The standard InChI is InChI=1S/C21H22N6O2/c1-2-4-19-18(3-1)20(25-24-19)15-11-16(21-22-14-23-26-21)13-17(12-15)29-10-7-27-5-8-28-9-6-27/h1-4,11-14H,5-10H2,(H,24,25)(H,22,23,26). The number of rotatable bonds is 6. The Morgan fingerprint density at radius 1 is 1.03 bits per heavy atom. The van der Waals surface area contributed by atoms with Gasteiger partial charge in [0, 0.05) is 36.1 Å². The van der Waals surface area contributed by atoms with Crippen LogP contribution in [0.4, 0.5) is 0 Å². The third-order valence-corrected chi connectivity index (χ3v) is 5.12. The van der Waals surface area contributed by atoms with Gasteiger partial charge >= 0.3 is 0 Å². The van der Waals surface area contributed by atoms with Crippen LogP contribution in [0.15, 0.2) is 48.8 Å². The van der Waals surface area contributed by atoms with Crippen molar-refractivity contribution in [3.63, 3.8) is 0 Å². The van der Waals surface area contributed by atoms with E-state index in [0.29, 0.717) is 12.4 Å². The minimum Gasteiger partial charge on any atom is -0.492 e. The van der Waals surface area contributed by atoms with Gasteiger partial charge in [0.1, 0.15) is 24.4 Å². The quantitative estimate of drug-likeness (QED) is 0.526. The van der Waals surface area contributed by atoms with E-state index in [0.717, 1.165) is 66.3 Å². The van der Waals surface area contributed by atoms with E-state index in [9.17, 15) is 0 Å². The van der Waals surface area contributed by atoms with Crippen molar-refractivity contribution in [2.24, 2.45) is 0 Å². The molecule has 0 spiro atoms. The molecule has 1 aliphatic heterocycles.